The van der Waals surface area contributed by atoms with Crippen molar-refractivity contribution < 1.29 is 8.42 Å². The maximum Gasteiger partial charge on any atom is 0.203 e. The zero-order chi connectivity index (χ0) is 14.9. The monoisotopic (exact) mass is 358 g/mol. The Hall–Kier alpha value is -1.41. The van der Waals surface area contributed by atoms with E-state index >= 15 is 0 Å². The van der Waals surface area contributed by atoms with E-state index in [1.165, 1.54) is 12.3 Å². The second-order valence-corrected chi connectivity index (χ2v) is 7.02. The van der Waals surface area contributed by atoms with Crippen LogP contribution < -0.4 is 5.73 Å². The third kappa shape index (κ3) is 2.71. The van der Waals surface area contributed by atoms with Crippen LogP contribution in [0.5, 0.6) is 0 Å². The molecule has 6 nitrogen and oxygen atoms in total. The van der Waals surface area contributed by atoms with Crippen LogP contribution in [0.15, 0.2) is 27.8 Å². The van der Waals surface area contributed by atoms with E-state index in [2.05, 4.69) is 26.0 Å². The second-order valence-electron chi connectivity index (χ2n) is 4.32. The smallest absolute Gasteiger partial charge is 0.203 e. The summed E-state index contributed by atoms with van der Waals surface area (Å²) in [5.41, 5.74) is 7.22. The van der Waals surface area contributed by atoms with Crippen molar-refractivity contribution in [1.29, 1.82) is 0 Å². The molecule has 0 spiro atoms. The minimum atomic E-state index is -3.61. The summed E-state index contributed by atoms with van der Waals surface area (Å²) < 4.78 is 27.3. The summed E-state index contributed by atoms with van der Waals surface area (Å²) in [6.45, 7) is 4.32. The fourth-order valence-electron chi connectivity index (χ4n) is 1.92. The third-order valence-electron chi connectivity index (χ3n) is 2.87. The van der Waals surface area contributed by atoms with Crippen molar-refractivity contribution in [2.75, 3.05) is 5.73 Å². The largest absolute Gasteiger partial charge is 0.396 e. The molecule has 0 radical (unpaired) electrons. The molecule has 0 amide bonds. The SMILES string of the molecule is CCn1nc(C)c(Br)c1CS(=O)(=O)c1ncccc1N. The predicted octanol–water partition coefficient (Wildman–Crippen LogP) is 1.93. The normalized spacial score (nSPS) is 11.8. The predicted molar refractivity (Wildman–Crippen MR) is 79.9 cm³/mol. The summed E-state index contributed by atoms with van der Waals surface area (Å²) in [6, 6.07) is 3.13. The summed E-state index contributed by atoms with van der Waals surface area (Å²) in [5.74, 6) is -0.191. The molecule has 2 heterocycles. The second kappa shape index (κ2) is 5.53. The highest BCUT2D eigenvalue weighted by atomic mass is 79.9. The number of pyridine rings is 1. The van der Waals surface area contributed by atoms with Crippen molar-refractivity contribution in [2.45, 2.75) is 31.2 Å². The maximum absolute atomic E-state index is 12.4. The molecule has 8 heteroatoms. The average molecular weight is 359 g/mol. The lowest BCUT2D eigenvalue weighted by atomic mass is 10.4. The van der Waals surface area contributed by atoms with Gasteiger partial charge in [-0.1, -0.05) is 0 Å². The van der Waals surface area contributed by atoms with Gasteiger partial charge in [0, 0.05) is 12.7 Å². The lowest BCUT2D eigenvalue weighted by Gasteiger charge is -2.08. The van der Waals surface area contributed by atoms with E-state index in [-0.39, 0.29) is 16.5 Å². The van der Waals surface area contributed by atoms with Gasteiger partial charge >= 0.3 is 0 Å². The van der Waals surface area contributed by atoms with Gasteiger partial charge in [-0.15, -0.1) is 0 Å². The van der Waals surface area contributed by atoms with E-state index in [1.807, 2.05) is 13.8 Å². The Morgan fingerprint density at radius 1 is 1.45 bits per heavy atom. The Morgan fingerprint density at radius 2 is 2.15 bits per heavy atom. The van der Waals surface area contributed by atoms with Crippen molar-refractivity contribution in [3.8, 4) is 0 Å². The van der Waals surface area contributed by atoms with Gasteiger partial charge in [0.15, 0.2) is 5.03 Å². The molecule has 0 aromatic carbocycles. The van der Waals surface area contributed by atoms with Gasteiger partial charge in [-0.2, -0.15) is 5.10 Å². The quantitative estimate of drug-likeness (QED) is 0.901. The third-order valence-corrected chi connectivity index (χ3v) is 5.49. The first-order chi connectivity index (χ1) is 9.36. The molecule has 108 valence electrons. The summed E-state index contributed by atoms with van der Waals surface area (Å²) >= 11 is 3.39. The molecule has 0 aliphatic rings. The van der Waals surface area contributed by atoms with Gasteiger partial charge in [0.25, 0.3) is 0 Å². The maximum atomic E-state index is 12.4. The van der Waals surface area contributed by atoms with Crippen molar-refractivity contribution in [3.63, 3.8) is 0 Å². The summed E-state index contributed by atoms with van der Waals surface area (Å²) in [4.78, 5) is 3.88. The van der Waals surface area contributed by atoms with Gasteiger partial charge in [0.05, 0.1) is 27.3 Å². The number of nitrogens with two attached hydrogens (primary N) is 1. The van der Waals surface area contributed by atoms with E-state index in [9.17, 15) is 8.42 Å². The molecule has 0 aliphatic heterocycles. The van der Waals surface area contributed by atoms with Gasteiger partial charge in [-0.25, -0.2) is 13.4 Å². The van der Waals surface area contributed by atoms with Gasteiger partial charge in [-0.05, 0) is 41.9 Å². The topological polar surface area (TPSA) is 90.9 Å². The highest BCUT2D eigenvalue weighted by molar-refractivity contribution is 9.10. The number of rotatable bonds is 4. The van der Waals surface area contributed by atoms with Crippen LogP contribution in [0.3, 0.4) is 0 Å². The molecule has 0 saturated heterocycles. The minimum Gasteiger partial charge on any atom is -0.396 e. The molecule has 2 rings (SSSR count). The summed E-state index contributed by atoms with van der Waals surface area (Å²) in [5, 5.41) is 4.19. The number of anilines is 1. The minimum absolute atomic E-state index is 0.0894. The molecule has 0 unspecified atom stereocenters. The number of halogens is 1. The van der Waals surface area contributed by atoms with Gasteiger partial charge in [0.1, 0.15) is 0 Å². The van der Waals surface area contributed by atoms with Gasteiger partial charge < -0.3 is 5.73 Å². The zero-order valence-corrected chi connectivity index (χ0v) is 13.6. The number of nitrogens with zero attached hydrogens (tertiary/aromatic N) is 3. The molecule has 20 heavy (non-hydrogen) atoms. The van der Waals surface area contributed by atoms with Crippen LogP contribution in [-0.4, -0.2) is 23.2 Å². The number of nitrogen functional groups attached to an aromatic ring is 1. The van der Waals surface area contributed by atoms with Crippen LogP contribution in [0, 0.1) is 6.92 Å². The highest BCUT2D eigenvalue weighted by Crippen LogP contribution is 2.26. The molecule has 2 N–H and O–H groups in total. The molecule has 0 aliphatic carbocycles. The molecular weight excluding hydrogens is 344 g/mol. The van der Waals surface area contributed by atoms with Crippen LogP contribution in [-0.2, 0) is 22.1 Å². The molecule has 0 atom stereocenters. The Morgan fingerprint density at radius 3 is 2.75 bits per heavy atom. The van der Waals surface area contributed by atoms with Gasteiger partial charge in [-0.3, -0.25) is 4.68 Å². The molecular formula is C12H15BrN4O2S. The first kappa shape index (κ1) is 15.0. The first-order valence-corrected chi connectivity index (χ1v) is 8.46. The lowest BCUT2D eigenvalue weighted by Crippen LogP contribution is -2.13. The zero-order valence-electron chi connectivity index (χ0n) is 11.2. The van der Waals surface area contributed by atoms with Crippen LogP contribution in [0.4, 0.5) is 5.69 Å². The Bertz CT molecular complexity index is 740. The lowest BCUT2D eigenvalue weighted by molar-refractivity contribution is 0.582. The Labute approximate surface area is 126 Å². The molecule has 2 aromatic heterocycles. The Balaban J connectivity index is 2.47. The fraction of sp³-hybridized carbons (Fsp3) is 0.333. The van der Waals surface area contributed by atoms with Crippen LogP contribution in [0.25, 0.3) is 0 Å². The molecule has 0 saturated carbocycles. The number of hydrogen-bond donors (Lipinski definition) is 1. The van der Waals surface area contributed by atoms with Crippen LogP contribution in [0.1, 0.15) is 18.3 Å². The van der Waals surface area contributed by atoms with E-state index in [1.54, 1.807) is 10.7 Å². The van der Waals surface area contributed by atoms with Crippen molar-refractivity contribution in [2.24, 2.45) is 0 Å². The first-order valence-electron chi connectivity index (χ1n) is 6.02. The average Bonchev–Trinajstić information content (AvgIpc) is 2.66. The van der Waals surface area contributed by atoms with E-state index < -0.39 is 9.84 Å². The number of aryl methyl sites for hydroxylation is 2. The standard InChI is InChI=1S/C12H15BrN4O2S/c1-3-17-10(11(13)8(2)16-17)7-20(18,19)12-9(14)5-4-6-15-12/h4-6H,3,7,14H2,1-2H3. The number of hydrogen-bond acceptors (Lipinski definition) is 5. The Kier molecular flexibility index (Phi) is 4.14. The van der Waals surface area contributed by atoms with Crippen molar-refractivity contribution in [1.82, 2.24) is 14.8 Å². The van der Waals surface area contributed by atoms with E-state index in [0.29, 0.717) is 16.7 Å². The fourth-order valence-corrected chi connectivity index (χ4v) is 3.97. The van der Waals surface area contributed by atoms with Gasteiger partial charge in [0.2, 0.25) is 9.84 Å². The van der Waals surface area contributed by atoms with Crippen LogP contribution >= 0.6 is 15.9 Å². The highest BCUT2D eigenvalue weighted by Gasteiger charge is 2.24. The van der Waals surface area contributed by atoms with Crippen molar-refractivity contribution in [3.05, 3.63) is 34.2 Å². The van der Waals surface area contributed by atoms with E-state index in [0.717, 1.165) is 5.69 Å². The number of aromatic nitrogens is 3. The molecule has 2 aromatic rings. The summed E-state index contributed by atoms with van der Waals surface area (Å²) in [7, 11) is -3.61. The van der Waals surface area contributed by atoms with Crippen molar-refractivity contribution >= 4 is 31.5 Å². The molecule has 0 fully saturated rings. The van der Waals surface area contributed by atoms with Crippen LogP contribution in [0.2, 0.25) is 0 Å². The molecule has 0 bridgehead atoms. The van der Waals surface area contributed by atoms with E-state index in [4.69, 9.17) is 5.73 Å². The number of sulfone groups is 1. The summed E-state index contributed by atoms with van der Waals surface area (Å²) in [6.07, 6.45) is 1.42.